The number of rotatable bonds is 4. The Hall–Kier alpha value is -2.76. The number of aromatic nitrogens is 1. The number of halogens is 1. The van der Waals surface area contributed by atoms with Crippen molar-refractivity contribution in [2.24, 2.45) is 0 Å². The van der Waals surface area contributed by atoms with Gasteiger partial charge >= 0.3 is 6.03 Å². The number of benzene rings is 1. The van der Waals surface area contributed by atoms with E-state index in [4.69, 9.17) is 0 Å². The van der Waals surface area contributed by atoms with Crippen molar-refractivity contribution < 1.29 is 14.0 Å². The predicted octanol–water partition coefficient (Wildman–Crippen LogP) is 2.23. The lowest BCUT2D eigenvalue weighted by Gasteiger charge is -2.22. The zero-order valence-electron chi connectivity index (χ0n) is 12.6. The van der Waals surface area contributed by atoms with Gasteiger partial charge in [0.15, 0.2) is 0 Å². The highest BCUT2D eigenvalue weighted by molar-refractivity contribution is 6.07. The van der Waals surface area contributed by atoms with E-state index in [9.17, 15) is 14.0 Å². The number of hydrogen-bond acceptors (Lipinski definition) is 3. The first-order valence-electron chi connectivity index (χ1n) is 7.31. The van der Waals surface area contributed by atoms with E-state index in [-0.39, 0.29) is 12.1 Å². The third kappa shape index (κ3) is 2.67. The third-order valence-corrected chi connectivity index (χ3v) is 4.01. The molecule has 1 aliphatic heterocycles. The minimum atomic E-state index is -1.38. The van der Waals surface area contributed by atoms with Gasteiger partial charge in [0, 0.05) is 30.4 Å². The van der Waals surface area contributed by atoms with E-state index in [0.29, 0.717) is 6.42 Å². The van der Waals surface area contributed by atoms with Gasteiger partial charge in [-0.25, -0.2) is 9.18 Å². The molecule has 23 heavy (non-hydrogen) atoms. The first-order chi connectivity index (χ1) is 11.0. The maximum atomic E-state index is 14.0. The molecule has 5 nitrogen and oxygen atoms in total. The maximum absolute atomic E-state index is 14.0. The third-order valence-electron chi connectivity index (χ3n) is 4.01. The van der Waals surface area contributed by atoms with E-state index >= 15 is 0 Å². The highest BCUT2D eigenvalue weighted by Gasteiger charge is 2.49. The van der Waals surface area contributed by atoms with Gasteiger partial charge in [0.05, 0.1) is 0 Å². The number of urea groups is 1. The maximum Gasteiger partial charge on any atom is 0.325 e. The van der Waals surface area contributed by atoms with Crippen molar-refractivity contribution in [3.05, 3.63) is 65.7 Å². The highest BCUT2D eigenvalue weighted by Crippen LogP contribution is 2.30. The fourth-order valence-electron chi connectivity index (χ4n) is 2.72. The smallest absolute Gasteiger partial charge is 0.319 e. The second-order valence-corrected chi connectivity index (χ2v) is 5.56. The number of imide groups is 1. The molecule has 1 aromatic carbocycles. The highest BCUT2D eigenvalue weighted by atomic mass is 19.1. The molecule has 0 radical (unpaired) electrons. The summed E-state index contributed by atoms with van der Waals surface area (Å²) >= 11 is 0. The second-order valence-electron chi connectivity index (χ2n) is 5.56. The van der Waals surface area contributed by atoms with Crippen molar-refractivity contribution in [1.82, 2.24) is 15.2 Å². The topological polar surface area (TPSA) is 62.3 Å². The first-order valence-corrected chi connectivity index (χ1v) is 7.31. The molecule has 1 fully saturated rings. The molecule has 3 amide bonds. The van der Waals surface area contributed by atoms with Gasteiger partial charge in [0.1, 0.15) is 11.4 Å². The molecular formula is C17H16FN3O2. The van der Waals surface area contributed by atoms with Gasteiger partial charge < -0.3 is 5.32 Å². The molecule has 1 aromatic heterocycles. The Labute approximate surface area is 133 Å². The molecule has 0 bridgehead atoms. The van der Waals surface area contributed by atoms with Gasteiger partial charge in [-0.1, -0.05) is 24.3 Å². The van der Waals surface area contributed by atoms with Crippen LogP contribution in [-0.2, 0) is 16.8 Å². The number of amides is 3. The van der Waals surface area contributed by atoms with E-state index < -0.39 is 23.3 Å². The summed E-state index contributed by atoms with van der Waals surface area (Å²) in [7, 11) is 0. The van der Waals surface area contributed by atoms with Gasteiger partial charge in [0.2, 0.25) is 0 Å². The zero-order valence-corrected chi connectivity index (χ0v) is 12.6. The van der Waals surface area contributed by atoms with E-state index in [0.717, 1.165) is 10.6 Å². The fraction of sp³-hybridized carbons (Fsp3) is 0.235. The van der Waals surface area contributed by atoms with Crippen LogP contribution in [-0.4, -0.2) is 28.4 Å². The number of carbonyl (C=O) groups excluding carboxylic acids is 2. The largest absolute Gasteiger partial charge is 0.325 e. The molecular weight excluding hydrogens is 297 g/mol. The normalized spacial score (nSPS) is 20.7. The molecule has 0 aliphatic carbocycles. The Balaban J connectivity index is 1.81. The van der Waals surface area contributed by atoms with Gasteiger partial charge in [-0.3, -0.25) is 14.7 Å². The van der Waals surface area contributed by atoms with Gasteiger partial charge in [-0.05, 0) is 25.1 Å². The Kier molecular flexibility index (Phi) is 3.82. The fourth-order valence-corrected chi connectivity index (χ4v) is 2.72. The van der Waals surface area contributed by atoms with Crippen LogP contribution in [0.1, 0.15) is 18.2 Å². The van der Waals surface area contributed by atoms with Gasteiger partial charge in [0.25, 0.3) is 5.91 Å². The predicted molar refractivity (Wildman–Crippen MR) is 81.9 cm³/mol. The van der Waals surface area contributed by atoms with Crippen LogP contribution >= 0.6 is 0 Å². The molecule has 1 aliphatic rings. The number of nitrogens with zero attached hydrogens (tertiary/aromatic N) is 2. The van der Waals surface area contributed by atoms with Crippen molar-refractivity contribution in [2.45, 2.75) is 18.9 Å². The summed E-state index contributed by atoms with van der Waals surface area (Å²) in [5.41, 5.74) is -0.432. The number of hydrogen-bond donors (Lipinski definition) is 1. The van der Waals surface area contributed by atoms with E-state index in [1.165, 1.54) is 19.1 Å². The molecule has 0 spiro atoms. The summed E-state index contributed by atoms with van der Waals surface area (Å²) in [6.45, 7) is 1.72. The van der Waals surface area contributed by atoms with Crippen LogP contribution in [0.2, 0.25) is 0 Å². The van der Waals surface area contributed by atoms with E-state index in [1.807, 2.05) is 12.1 Å². The van der Waals surface area contributed by atoms with Crippen LogP contribution in [0.25, 0.3) is 0 Å². The Morgan fingerprint density at radius 1 is 1.17 bits per heavy atom. The summed E-state index contributed by atoms with van der Waals surface area (Å²) < 4.78 is 14.0. The van der Waals surface area contributed by atoms with E-state index in [1.54, 1.807) is 24.4 Å². The van der Waals surface area contributed by atoms with Crippen LogP contribution in [0.5, 0.6) is 0 Å². The summed E-state index contributed by atoms with van der Waals surface area (Å²) in [6.07, 6.45) is 2.11. The SMILES string of the molecule is CC1(c2ccccc2F)NC(=O)N(CCc2ccccn2)C1=O. The molecule has 1 N–H and O–H groups in total. The van der Waals surface area contributed by atoms with Crippen LogP contribution in [0.3, 0.4) is 0 Å². The average Bonchev–Trinajstić information content (AvgIpc) is 2.77. The number of nitrogens with one attached hydrogen (secondary N) is 1. The minimum Gasteiger partial charge on any atom is -0.319 e. The molecule has 1 saturated heterocycles. The summed E-state index contributed by atoms with van der Waals surface area (Å²) in [4.78, 5) is 30.1. The number of carbonyl (C=O) groups is 2. The van der Waals surface area contributed by atoms with Crippen molar-refractivity contribution in [1.29, 1.82) is 0 Å². The lowest BCUT2D eigenvalue weighted by molar-refractivity contribution is -0.131. The molecule has 2 aromatic rings. The first kappa shape index (κ1) is 15.1. The quantitative estimate of drug-likeness (QED) is 0.881. The van der Waals surface area contributed by atoms with Crippen molar-refractivity contribution in [2.75, 3.05) is 6.54 Å². The van der Waals surface area contributed by atoms with Crippen molar-refractivity contribution in [3.63, 3.8) is 0 Å². The summed E-state index contributed by atoms with van der Waals surface area (Å²) in [5, 5.41) is 2.60. The Morgan fingerprint density at radius 2 is 1.91 bits per heavy atom. The van der Waals surface area contributed by atoms with Crippen molar-refractivity contribution >= 4 is 11.9 Å². The Morgan fingerprint density at radius 3 is 2.61 bits per heavy atom. The summed E-state index contributed by atoms with van der Waals surface area (Å²) in [5.74, 6) is -0.973. The molecule has 1 unspecified atom stereocenters. The molecule has 3 rings (SSSR count). The average molecular weight is 313 g/mol. The molecule has 118 valence electrons. The van der Waals surface area contributed by atoms with Gasteiger partial charge in [-0.2, -0.15) is 0 Å². The van der Waals surface area contributed by atoms with Gasteiger partial charge in [-0.15, -0.1) is 0 Å². The Bertz CT molecular complexity index is 751. The van der Waals surface area contributed by atoms with Crippen molar-refractivity contribution in [3.8, 4) is 0 Å². The standard InChI is InChI=1S/C17H16FN3O2/c1-17(13-7-2-3-8-14(13)18)15(22)21(16(23)20-17)11-9-12-6-4-5-10-19-12/h2-8,10H,9,11H2,1H3,(H,20,23). The molecule has 6 heteroatoms. The molecule has 0 saturated carbocycles. The van der Waals surface area contributed by atoms with Crippen LogP contribution in [0.4, 0.5) is 9.18 Å². The lowest BCUT2D eigenvalue weighted by atomic mass is 9.91. The lowest BCUT2D eigenvalue weighted by Crippen LogP contribution is -2.41. The zero-order chi connectivity index (χ0) is 16.4. The van der Waals surface area contributed by atoms with Crippen LogP contribution in [0, 0.1) is 5.82 Å². The molecule has 2 heterocycles. The minimum absolute atomic E-state index is 0.165. The molecule has 1 atom stereocenters. The second kappa shape index (κ2) is 5.79. The monoisotopic (exact) mass is 313 g/mol. The van der Waals surface area contributed by atoms with Crippen LogP contribution in [0.15, 0.2) is 48.7 Å². The van der Waals surface area contributed by atoms with Crippen LogP contribution < -0.4 is 5.32 Å². The summed E-state index contributed by atoms with van der Waals surface area (Å²) in [6, 6.07) is 10.9. The van der Waals surface area contributed by atoms with E-state index in [2.05, 4.69) is 10.3 Å². The number of pyridine rings is 1.